The summed E-state index contributed by atoms with van der Waals surface area (Å²) in [6, 6.07) is 28.4. The molecule has 31 heavy (non-hydrogen) atoms. The van der Waals surface area contributed by atoms with Gasteiger partial charge < -0.3 is 15.4 Å². The van der Waals surface area contributed by atoms with Crippen molar-refractivity contribution in [1.29, 1.82) is 0 Å². The molecule has 0 aliphatic heterocycles. The van der Waals surface area contributed by atoms with Gasteiger partial charge in [-0.1, -0.05) is 30.3 Å². The van der Waals surface area contributed by atoms with Gasteiger partial charge in [0.2, 0.25) is 0 Å². The van der Waals surface area contributed by atoms with E-state index in [0.717, 1.165) is 0 Å². The topological polar surface area (TPSA) is 80.3 Å². The first-order chi connectivity index (χ1) is 15.2. The second-order valence-corrected chi connectivity index (χ2v) is 6.64. The Balaban J connectivity index is 1.39. The average Bonchev–Trinajstić information content (AvgIpc) is 2.81. The minimum Gasteiger partial charge on any atom is -0.457 e. The third-order valence-electron chi connectivity index (χ3n) is 4.37. The molecule has 6 nitrogen and oxygen atoms in total. The van der Waals surface area contributed by atoms with E-state index >= 15 is 0 Å². The Morgan fingerprint density at radius 2 is 1.35 bits per heavy atom. The van der Waals surface area contributed by atoms with E-state index in [4.69, 9.17) is 4.74 Å². The van der Waals surface area contributed by atoms with Crippen molar-refractivity contribution in [2.24, 2.45) is 0 Å². The smallest absolute Gasteiger partial charge is 0.274 e. The highest BCUT2D eigenvalue weighted by Crippen LogP contribution is 2.24. The van der Waals surface area contributed by atoms with Crippen LogP contribution in [0, 0.1) is 0 Å². The number of aromatic nitrogens is 1. The number of carbonyl (C=O) groups excluding carboxylic acids is 2. The van der Waals surface area contributed by atoms with E-state index in [9.17, 15) is 9.59 Å². The molecular weight excluding hydrogens is 390 g/mol. The van der Waals surface area contributed by atoms with Gasteiger partial charge in [0.1, 0.15) is 17.2 Å². The van der Waals surface area contributed by atoms with Crippen molar-refractivity contribution < 1.29 is 14.3 Å². The predicted molar refractivity (Wildman–Crippen MR) is 120 cm³/mol. The number of anilines is 2. The van der Waals surface area contributed by atoms with Crippen molar-refractivity contribution in [2.45, 2.75) is 0 Å². The zero-order chi connectivity index (χ0) is 21.5. The number of hydrogen-bond acceptors (Lipinski definition) is 4. The first kappa shape index (κ1) is 19.8. The van der Waals surface area contributed by atoms with Crippen LogP contribution in [0.3, 0.4) is 0 Å². The Labute approximate surface area is 179 Å². The first-order valence-electron chi connectivity index (χ1n) is 9.64. The van der Waals surface area contributed by atoms with Crippen LogP contribution in [0.15, 0.2) is 103 Å². The molecule has 4 aromatic rings. The Kier molecular flexibility index (Phi) is 6.00. The summed E-state index contributed by atoms with van der Waals surface area (Å²) in [6.45, 7) is 0. The normalized spacial score (nSPS) is 10.2. The summed E-state index contributed by atoms with van der Waals surface area (Å²) in [7, 11) is 0. The molecule has 4 rings (SSSR count). The molecule has 0 unspecified atom stereocenters. The second kappa shape index (κ2) is 9.37. The summed E-state index contributed by atoms with van der Waals surface area (Å²) >= 11 is 0. The van der Waals surface area contributed by atoms with Crippen LogP contribution in [-0.2, 0) is 0 Å². The zero-order valence-corrected chi connectivity index (χ0v) is 16.5. The van der Waals surface area contributed by atoms with Gasteiger partial charge in [0.15, 0.2) is 0 Å². The van der Waals surface area contributed by atoms with Crippen molar-refractivity contribution >= 4 is 23.2 Å². The maximum Gasteiger partial charge on any atom is 0.274 e. The van der Waals surface area contributed by atoms with Crippen LogP contribution in [0.5, 0.6) is 11.5 Å². The molecule has 1 heterocycles. The highest BCUT2D eigenvalue weighted by molar-refractivity contribution is 6.05. The lowest BCUT2D eigenvalue weighted by atomic mass is 10.2. The lowest BCUT2D eigenvalue weighted by Gasteiger charge is -2.10. The average molecular weight is 409 g/mol. The standard InChI is InChI=1S/C25H19N3O3/c29-24(28-20-7-6-10-22(17-20)31-21-8-2-1-3-9-21)18-12-14-19(15-13-18)27-25(30)23-11-4-5-16-26-23/h1-17H,(H,27,30)(H,28,29). The molecule has 6 heteroatoms. The van der Waals surface area contributed by atoms with Crippen LogP contribution in [0.1, 0.15) is 20.8 Å². The predicted octanol–water partition coefficient (Wildman–Crippen LogP) is 5.38. The van der Waals surface area contributed by atoms with E-state index in [1.807, 2.05) is 42.5 Å². The van der Waals surface area contributed by atoms with Gasteiger partial charge in [0, 0.05) is 29.2 Å². The molecule has 152 valence electrons. The third-order valence-corrected chi connectivity index (χ3v) is 4.37. The number of nitrogens with zero attached hydrogens (tertiary/aromatic N) is 1. The Hall–Kier alpha value is -4.45. The molecule has 0 fully saturated rings. The molecule has 0 spiro atoms. The van der Waals surface area contributed by atoms with Crippen LogP contribution in [0.2, 0.25) is 0 Å². The van der Waals surface area contributed by atoms with Gasteiger partial charge in [-0.05, 0) is 60.7 Å². The molecule has 0 aliphatic carbocycles. The number of ether oxygens (including phenoxy) is 1. The molecular formula is C25H19N3O3. The highest BCUT2D eigenvalue weighted by Gasteiger charge is 2.10. The fraction of sp³-hybridized carbons (Fsp3) is 0. The Bertz CT molecular complexity index is 1180. The third kappa shape index (κ3) is 5.33. The van der Waals surface area contributed by atoms with E-state index < -0.39 is 0 Å². The summed E-state index contributed by atoms with van der Waals surface area (Å²) in [4.78, 5) is 28.8. The molecule has 2 amide bonds. The van der Waals surface area contributed by atoms with Gasteiger partial charge in [-0.3, -0.25) is 14.6 Å². The lowest BCUT2D eigenvalue weighted by Crippen LogP contribution is -2.14. The maximum absolute atomic E-state index is 12.6. The molecule has 0 saturated carbocycles. The minimum atomic E-state index is -0.312. The van der Waals surface area contributed by atoms with E-state index in [1.54, 1.807) is 60.8 Å². The van der Waals surface area contributed by atoms with Gasteiger partial charge >= 0.3 is 0 Å². The van der Waals surface area contributed by atoms with Crippen molar-refractivity contribution in [1.82, 2.24) is 4.98 Å². The second-order valence-electron chi connectivity index (χ2n) is 6.64. The lowest BCUT2D eigenvalue weighted by molar-refractivity contribution is 0.101. The number of para-hydroxylation sites is 1. The van der Waals surface area contributed by atoms with Crippen LogP contribution < -0.4 is 15.4 Å². The van der Waals surface area contributed by atoms with Gasteiger partial charge in [-0.2, -0.15) is 0 Å². The quantitative estimate of drug-likeness (QED) is 0.448. The number of rotatable bonds is 6. The van der Waals surface area contributed by atoms with Crippen LogP contribution in [-0.4, -0.2) is 16.8 Å². The fourth-order valence-electron chi connectivity index (χ4n) is 2.86. The molecule has 0 atom stereocenters. The van der Waals surface area contributed by atoms with Crippen LogP contribution in [0.4, 0.5) is 11.4 Å². The van der Waals surface area contributed by atoms with E-state index in [1.165, 1.54) is 0 Å². The molecule has 0 aliphatic rings. The van der Waals surface area contributed by atoms with Crippen molar-refractivity contribution in [3.8, 4) is 11.5 Å². The molecule has 1 aromatic heterocycles. The summed E-state index contributed by atoms with van der Waals surface area (Å²) in [6.07, 6.45) is 1.56. The number of carbonyl (C=O) groups is 2. The Morgan fingerprint density at radius 3 is 2.10 bits per heavy atom. The number of pyridine rings is 1. The molecule has 3 aromatic carbocycles. The Morgan fingerprint density at radius 1 is 0.645 bits per heavy atom. The molecule has 0 radical (unpaired) electrons. The molecule has 0 saturated heterocycles. The van der Waals surface area contributed by atoms with Gasteiger partial charge in [-0.25, -0.2) is 0 Å². The highest BCUT2D eigenvalue weighted by atomic mass is 16.5. The number of hydrogen-bond donors (Lipinski definition) is 2. The summed E-state index contributed by atoms with van der Waals surface area (Å²) in [5, 5.41) is 5.61. The zero-order valence-electron chi connectivity index (χ0n) is 16.5. The fourth-order valence-corrected chi connectivity index (χ4v) is 2.86. The van der Waals surface area contributed by atoms with Crippen molar-refractivity contribution in [3.05, 3.63) is 115 Å². The monoisotopic (exact) mass is 409 g/mol. The van der Waals surface area contributed by atoms with Crippen LogP contribution in [0.25, 0.3) is 0 Å². The summed E-state index contributed by atoms with van der Waals surface area (Å²) in [5.41, 5.74) is 1.98. The van der Waals surface area contributed by atoms with Gasteiger partial charge in [0.25, 0.3) is 11.8 Å². The van der Waals surface area contributed by atoms with E-state index in [0.29, 0.717) is 34.1 Å². The minimum absolute atomic E-state index is 0.264. The maximum atomic E-state index is 12.6. The number of benzene rings is 3. The molecule has 2 N–H and O–H groups in total. The van der Waals surface area contributed by atoms with Crippen molar-refractivity contribution in [3.63, 3.8) is 0 Å². The number of nitrogens with one attached hydrogen (secondary N) is 2. The van der Waals surface area contributed by atoms with Crippen LogP contribution >= 0.6 is 0 Å². The van der Waals surface area contributed by atoms with E-state index in [2.05, 4.69) is 15.6 Å². The van der Waals surface area contributed by atoms with Gasteiger partial charge in [-0.15, -0.1) is 0 Å². The molecule has 0 bridgehead atoms. The first-order valence-corrected chi connectivity index (χ1v) is 9.64. The summed E-state index contributed by atoms with van der Waals surface area (Å²) < 4.78 is 5.80. The van der Waals surface area contributed by atoms with Crippen molar-refractivity contribution in [2.75, 3.05) is 10.6 Å². The summed E-state index contributed by atoms with van der Waals surface area (Å²) in [5.74, 6) is 0.762. The SMILES string of the molecule is O=C(Nc1cccc(Oc2ccccc2)c1)c1ccc(NC(=O)c2ccccn2)cc1. The van der Waals surface area contributed by atoms with Gasteiger partial charge in [0.05, 0.1) is 0 Å². The van der Waals surface area contributed by atoms with E-state index in [-0.39, 0.29) is 11.8 Å². The largest absolute Gasteiger partial charge is 0.457 e. The number of amides is 2.